The summed E-state index contributed by atoms with van der Waals surface area (Å²) in [6.45, 7) is 9.82. The molecule has 40 nitrogen and oxygen atoms in total. The van der Waals surface area contributed by atoms with Crippen LogP contribution in [0.2, 0.25) is 0 Å². The minimum Gasteiger partial charge on any atom is -0.395 e. The zero-order valence-electron chi connectivity index (χ0n) is 74.8. The summed E-state index contributed by atoms with van der Waals surface area (Å²) >= 11 is 0. The number of ether oxygens (including phenoxy) is 7. The van der Waals surface area contributed by atoms with Gasteiger partial charge in [-0.2, -0.15) is 0 Å². The molecule has 3 fully saturated rings. The van der Waals surface area contributed by atoms with Gasteiger partial charge in [-0.25, -0.2) is 9.13 Å². The Morgan fingerprint density at radius 3 is 0.776 bits per heavy atom. The third-order valence-corrected chi connectivity index (χ3v) is 22.2. The Morgan fingerprint density at radius 2 is 0.560 bits per heavy atom. The van der Waals surface area contributed by atoms with Crippen molar-refractivity contribution >= 4 is 68.4 Å². The molecule has 15 N–H and O–H groups in total. The molecule has 0 aromatic rings. The summed E-state index contributed by atoms with van der Waals surface area (Å²) in [6, 6.07) is -3.17. The second kappa shape index (κ2) is 71.1. The maximum absolute atomic E-state index is 13.7. The quantitative estimate of drug-likeness (QED) is 0.0302. The first-order chi connectivity index (χ1) is 59.0. The zero-order chi connectivity index (χ0) is 93.0. The Morgan fingerprint density at radius 1 is 0.344 bits per heavy atom. The van der Waals surface area contributed by atoms with E-state index in [9.17, 15) is 113 Å². The number of aliphatic hydroxyl groups excluding tert-OH is 10. The molecule has 3 aliphatic rings. The lowest BCUT2D eigenvalue weighted by Gasteiger charge is -2.42. The van der Waals surface area contributed by atoms with E-state index >= 15 is 0 Å². The van der Waals surface area contributed by atoms with Crippen LogP contribution in [0.25, 0.3) is 0 Å². The molecule has 125 heavy (non-hydrogen) atoms. The number of carbonyl (C=O) groups excluding carboxylic acids is 9. The van der Waals surface area contributed by atoms with Crippen LogP contribution in [0.1, 0.15) is 255 Å². The van der Waals surface area contributed by atoms with Gasteiger partial charge in [0.1, 0.15) is 90.4 Å². The summed E-state index contributed by atoms with van der Waals surface area (Å²) in [4.78, 5) is 139. The molecule has 734 valence electrons. The maximum atomic E-state index is 13.7. The average Bonchev–Trinajstić information content (AvgIpc) is 0.817. The van der Waals surface area contributed by atoms with Crippen molar-refractivity contribution in [3.05, 3.63) is 0 Å². The van der Waals surface area contributed by atoms with Gasteiger partial charge >= 0.3 is 15.6 Å². The number of nitrogens with one attached hydrogen (secondary N) is 3. The van der Waals surface area contributed by atoms with Gasteiger partial charge < -0.3 is 125 Å². The third kappa shape index (κ3) is 54.1. The number of rotatable bonds is 69. The number of nitrogens with zero attached hydrogens (tertiary/aromatic N) is 3. The predicted molar refractivity (Wildman–Crippen MR) is 458 cm³/mol. The maximum Gasteiger partial charge on any atom is 0.472 e. The van der Waals surface area contributed by atoms with Gasteiger partial charge in [0.05, 0.1) is 59.5 Å². The second-order valence-electron chi connectivity index (χ2n) is 31.6. The van der Waals surface area contributed by atoms with Crippen LogP contribution in [0.5, 0.6) is 0 Å². The molecule has 0 bridgehead atoms. The molecule has 42 heteroatoms. The van der Waals surface area contributed by atoms with Crippen molar-refractivity contribution in [1.82, 2.24) is 30.7 Å². The van der Waals surface area contributed by atoms with Gasteiger partial charge in [-0.05, 0) is 83.0 Å². The number of ketones is 3. The minimum absolute atomic E-state index is 0. The molecule has 3 rings (SSSR count). The fraction of sp³-hybridized carbons (Fsp3) is 0.892. The van der Waals surface area contributed by atoms with Crippen LogP contribution >= 0.6 is 15.6 Å². The van der Waals surface area contributed by atoms with Crippen molar-refractivity contribution < 1.29 is 164 Å². The van der Waals surface area contributed by atoms with Crippen molar-refractivity contribution in [1.29, 1.82) is 0 Å². The smallest absolute Gasteiger partial charge is 0.395 e. The van der Waals surface area contributed by atoms with Crippen LogP contribution in [-0.2, 0) is 104 Å². The Labute approximate surface area is 739 Å². The van der Waals surface area contributed by atoms with E-state index in [2.05, 4.69) is 36.7 Å². The van der Waals surface area contributed by atoms with E-state index in [4.69, 9.17) is 51.3 Å². The van der Waals surface area contributed by atoms with Gasteiger partial charge in [-0.1, -0.05) is 99.8 Å². The molecule has 3 saturated heterocycles. The highest BCUT2D eigenvalue weighted by molar-refractivity contribution is 7.47. The van der Waals surface area contributed by atoms with Gasteiger partial charge in [0.2, 0.25) is 35.4 Å². The number of phosphoric ester groups is 2. The Hall–Kier alpha value is -4.63. The normalized spacial score (nSPS) is 23.3. The van der Waals surface area contributed by atoms with Crippen LogP contribution in [0.15, 0.2) is 0 Å². The number of carbonyl (C=O) groups is 9. The SMILES string of the molecule is C.CC.CC(C)C.COCCN(CCOP(=O)(O)OCCN(CCOP(=O)(O)OCCN(CCO)C(=O)CCCCCCC(=O)CCCCCOC1OC(CO)C(O)C(O)C1NC(C)=O)C(=O)CCCCCCC(=O)CCCCCOC1OC(CO)C(O)C(O)C1NC(C)=O)C(=O)CCCCCCC(=O)CCCCCOC1OC(CO)C(O)C(O)C1NC(C)=O. The first-order valence-corrected chi connectivity index (χ1v) is 47.3. The van der Waals surface area contributed by atoms with E-state index < -0.39 is 184 Å². The molecular formula is C83H158N6O34P2. The lowest BCUT2D eigenvalue weighted by Crippen LogP contribution is -2.64. The average molecular weight is 1850 g/mol. The van der Waals surface area contributed by atoms with Crippen molar-refractivity contribution in [3.8, 4) is 0 Å². The molecular weight excluding hydrogens is 1690 g/mol. The number of methoxy groups -OCH3 is 1. The van der Waals surface area contributed by atoms with Crippen molar-refractivity contribution in [2.75, 3.05) is 126 Å². The largest absolute Gasteiger partial charge is 0.472 e. The van der Waals surface area contributed by atoms with Crippen molar-refractivity contribution in [2.24, 2.45) is 5.92 Å². The minimum atomic E-state index is -4.84. The van der Waals surface area contributed by atoms with Crippen LogP contribution in [0, 0.1) is 5.92 Å². The van der Waals surface area contributed by atoms with Crippen LogP contribution in [-0.4, -0.2) is 346 Å². The first-order valence-electron chi connectivity index (χ1n) is 44.3. The highest BCUT2D eigenvalue weighted by atomic mass is 31.2. The lowest BCUT2D eigenvalue weighted by atomic mass is 9.97. The standard InChI is InChI=1S/C76H138N6O34P2.C4H10.C2H6.CH4/c1-53(87)77-65-71(99)68(96)59(50-84)114-74(65)107-42-23-11-17-29-56(90)26-14-5-8-20-32-62(93)80(35-41-83)37-46-110-117(102,103)112-48-39-82(64(95)34-22-10-7-16-28-58(92)31-19-13-25-44-109-76-67(79-55(3)89)73(101)70(98)61(52-86)116-76)40-49-113-118(104,105)111-47-38-81(36-45-106-4)63(94)33-21-9-6-15-27-57(91)30-18-12-24-43-108-75-66(78-54(2)88)72(100)69(97)60(51-85)115-75;1-4(2)3;1-2;/h59-61,65-76,83-86,96-101H,5-52H2,1-4H3,(H,77,87)(H,78,88)(H,79,89)(H,102,103)(H,104,105);4H,1-3H3;1-2H3;1H4. The highest BCUT2D eigenvalue weighted by Crippen LogP contribution is 2.44. The second-order valence-corrected chi connectivity index (χ2v) is 34.5. The number of hydrogen-bond donors (Lipinski definition) is 15. The molecule has 0 aromatic heterocycles. The monoisotopic (exact) mass is 1850 g/mol. The van der Waals surface area contributed by atoms with Gasteiger partial charge in [-0.3, -0.25) is 61.2 Å². The zero-order valence-corrected chi connectivity index (χ0v) is 76.6. The summed E-state index contributed by atoms with van der Waals surface area (Å²) in [6.07, 6.45) is -0.978. The summed E-state index contributed by atoms with van der Waals surface area (Å²) in [5.74, 6) is -1.49. The van der Waals surface area contributed by atoms with Gasteiger partial charge in [0, 0.05) is 145 Å². The summed E-state index contributed by atoms with van der Waals surface area (Å²) < 4.78 is 86.3. The molecule has 0 aromatic carbocycles. The van der Waals surface area contributed by atoms with Crippen LogP contribution < -0.4 is 16.0 Å². The first kappa shape index (κ1) is 120. The molecule has 17 atom stereocenters. The van der Waals surface area contributed by atoms with Crippen LogP contribution in [0.4, 0.5) is 0 Å². The molecule has 0 spiro atoms. The van der Waals surface area contributed by atoms with E-state index in [0.717, 1.165) is 5.92 Å². The number of hydrogen-bond acceptors (Lipinski definition) is 32. The van der Waals surface area contributed by atoms with Crippen molar-refractivity contribution in [3.63, 3.8) is 0 Å². The van der Waals surface area contributed by atoms with Gasteiger partial charge in [0.25, 0.3) is 0 Å². The number of amides is 6. The molecule has 3 aliphatic heterocycles. The van der Waals surface area contributed by atoms with Gasteiger partial charge in [-0.15, -0.1) is 0 Å². The van der Waals surface area contributed by atoms with E-state index in [-0.39, 0.29) is 122 Å². The van der Waals surface area contributed by atoms with E-state index in [1.54, 1.807) is 0 Å². The van der Waals surface area contributed by atoms with E-state index in [1.165, 1.54) is 42.6 Å². The van der Waals surface area contributed by atoms with Gasteiger partial charge in [0.15, 0.2) is 18.9 Å². The molecule has 3 heterocycles. The third-order valence-electron chi connectivity index (χ3n) is 20.1. The summed E-state index contributed by atoms with van der Waals surface area (Å²) in [7, 11) is -8.20. The van der Waals surface area contributed by atoms with Crippen LogP contribution in [0.3, 0.4) is 0 Å². The Bertz CT molecular complexity index is 3030. The van der Waals surface area contributed by atoms with E-state index in [1.807, 2.05) is 13.8 Å². The topological polar surface area (TPSA) is 578 Å². The summed E-state index contributed by atoms with van der Waals surface area (Å²) in [5.41, 5.74) is 0. The fourth-order valence-electron chi connectivity index (χ4n) is 13.5. The number of aliphatic hydroxyl groups is 10. The molecule has 0 saturated carbocycles. The molecule has 0 radical (unpaired) electrons. The molecule has 0 aliphatic carbocycles. The highest BCUT2D eigenvalue weighted by Gasteiger charge is 2.48. The van der Waals surface area contributed by atoms with Crippen molar-refractivity contribution in [2.45, 2.75) is 347 Å². The molecule has 6 amide bonds. The fourth-order valence-corrected chi connectivity index (χ4v) is 14.9. The Balaban J connectivity index is 0.0000213. The predicted octanol–water partition coefficient (Wildman–Crippen LogP) is 3.99. The number of phosphoric acid groups is 2. The molecule has 17 unspecified atom stereocenters. The van der Waals surface area contributed by atoms with E-state index in [0.29, 0.717) is 173 Å². The number of unbranched alkanes of at least 4 members (excludes halogenated alkanes) is 15. The number of Topliss-reactive ketones (excluding diaryl/α,β-unsaturated/α-hetero) is 3. The Kier molecular flexibility index (Phi) is 68.5. The summed E-state index contributed by atoms with van der Waals surface area (Å²) in [5, 5.41) is 108. The lowest BCUT2D eigenvalue weighted by molar-refractivity contribution is -0.270.